The molecule has 7 nitrogen and oxygen atoms in total. The van der Waals surface area contributed by atoms with Gasteiger partial charge in [-0.25, -0.2) is 0 Å². The van der Waals surface area contributed by atoms with Gasteiger partial charge in [0.05, 0.1) is 0 Å². The smallest absolute Gasteiger partial charge is 0.358 e. The summed E-state index contributed by atoms with van der Waals surface area (Å²) in [6.45, 7) is 2.26. The fraction of sp³-hybridized carbons (Fsp3) is 0.545. The molecule has 2 aromatic rings. The third kappa shape index (κ3) is 2.06. The summed E-state index contributed by atoms with van der Waals surface area (Å²) >= 11 is 1.41. The van der Waals surface area contributed by atoms with Crippen molar-refractivity contribution in [2.45, 2.75) is 12.8 Å². The molecule has 0 amide bonds. The minimum absolute atomic E-state index is 0.0717. The summed E-state index contributed by atoms with van der Waals surface area (Å²) in [6, 6.07) is 0. The molecule has 1 fully saturated rings. The second-order valence-corrected chi connectivity index (χ2v) is 5.61. The Hall–Kier alpha value is -1.67. The molecule has 0 saturated carbocycles. The first kappa shape index (κ1) is 12.4. The molecule has 1 saturated heterocycles. The molecule has 0 aromatic carbocycles. The highest BCUT2D eigenvalue weighted by atomic mass is 32.1. The predicted octanol–water partition coefficient (Wildman–Crippen LogP) is 1.48. The van der Waals surface area contributed by atoms with Crippen LogP contribution in [0.15, 0.2) is 11.6 Å². The van der Waals surface area contributed by atoms with Gasteiger partial charge in [0.2, 0.25) is 5.82 Å². The van der Waals surface area contributed by atoms with Crippen LogP contribution >= 0.6 is 11.3 Å². The number of hydrogen-bond acceptors (Lipinski definition) is 6. The van der Waals surface area contributed by atoms with Crippen molar-refractivity contribution in [3.8, 4) is 0 Å². The number of nitrogens with zero attached hydrogens (tertiary/aromatic N) is 4. The Bertz CT molecular complexity index is 599. The number of hydrogen-bond donors (Lipinski definition) is 1. The number of aromatic nitrogens is 2. The van der Waals surface area contributed by atoms with Crippen molar-refractivity contribution in [2.75, 3.05) is 24.5 Å². The average Bonchev–Trinajstić information content (AvgIpc) is 2.98. The summed E-state index contributed by atoms with van der Waals surface area (Å²) < 4.78 is 1.55. The summed E-state index contributed by atoms with van der Waals surface area (Å²) in [5, 5.41) is 13.1. The van der Waals surface area contributed by atoms with E-state index >= 15 is 0 Å². The Morgan fingerprint density at radius 2 is 2.26 bits per heavy atom. The molecule has 1 aliphatic heterocycles. The van der Waals surface area contributed by atoms with Crippen LogP contribution in [0.5, 0.6) is 0 Å². The van der Waals surface area contributed by atoms with Crippen LogP contribution in [-0.2, 0) is 0 Å². The van der Waals surface area contributed by atoms with Gasteiger partial charge in [0.15, 0.2) is 0 Å². The lowest BCUT2D eigenvalue weighted by Crippen LogP contribution is -2.36. The normalized spacial score (nSPS) is 17.2. The molecule has 0 radical (unpaired) electrons. The van der Waals surface area contributed by atoms with E-state index in [0.29, 0.717) is 23.2 Å². The van der Waals surface area contributed by atoms with Gasteiger partial charge >= 0.3 is 5.82 Å². The van der Waals surface area contributed by atoms with E-state index in [9.17, 15) is 10.1 Å². The standard InChI is InChI=1S/C11H15N5O2S/c12-7-8-1-3-14(4-2-8)9-10(16(17)18)15-5-6-19-11(15)13-9/h5-6,8H,1-4,7,12H2. The van der Waals surface area contributed by atoms with Crippen molar-refractivity contribution < 1.29 is 4.92 Å². The van der Waals surface area contributed by atoms with Gasteiger partial charge < -0.3 is 20.7 Å². The number of fused-ring (bicyclic) bond motifs is 1. The number of piperidine rings is 1. The Balaban J connectivity index is 1.94. The number of nitro groups is 1. The van der Waals surface area contributed by atoms with Crippen molar-refractivity contribution >= 4 is 27.9 Å². The maximum absolute atomic E-state index is 11.3. The quantitative estimate of drug-likeness (QED) is 0.680. The first-order valence-electron chi connectivity index (χ1n) is 6.25. The minimum Gasteiger partial charge on any atom is -0.358 e. The molecule has 0 bridgehead atoms. The molecule has 3 rings (SSSR count). The predicted molar refractivity (Wildman–Crippen MR) is 73.7 cm³/mol. The zero-order valence-electron chi connectivity index (χ0n) is 10.4. The summed E-state index contributed by atoms with van der Waals surface area (Å²) in [4.78, 5) is 18.0. The highest BCUT2D eigenvalue weighted by molar-refractivity contribution is 7.15. The van der Waals surface area contributed by atoms with Crippen LogP contribution in [0.1, 0.15) is 12.8 Å². The molecule has 0 aliphatic carbocycles. The molecular formula is C11H15N5O2S. The number of rotatable bonds is 3. The Labute approximate surface area is 113 Å². The van der Waals surface area contributed by atoms with E-state index in [1.54, 1.807) is 16.0 Å². The third-order valence-electron chi connectivity index (χ3n) is 3.64. The van der Waals surface area contributed by atoms with Crippen molar-refractivity contribution in [1.82, 2.24) is 9.38 Å². The van der Waals surface area contributed by atoms with E-state index in [1.807, 2.05) is 4.90 Å². The lowest BCUT2D eigenvalue weighted by Gasteiger charge is -2.30. The monoisotopic (exact) mass is 281 g/mol. The number of imidazole rings is 1. The Morgan fingerprint density at radius 3 is 2.89 bits per heavy atom. The lowest BCUT2D eigenvalue weighted by molar-refractivity contribution is -0.389. The largest absolute Gasteiger partial charge is 0.373 e. The van der Waals surface area contributed by atoms with Crippen molar-refractivity contribution in [2.24, 2.45) is 11.7 Å². The summed E-state index contributed by atoms with van der Waals surface area (Å²) in [6.07, 6.45) is 3.64. The van der Waals surface area contributed by atoms with Crippen LogP contribution in [0.4, 0.5) is 11.6 Å². The molecule has 0 unspecified atom stereocenters. The van der Waals surface area contributed by atoms with Crippen LogP contribution in [0, 0.1) is 16.0 Å². The fourth-order valence-corrected chi connectivity index (χ4v) is 3.23. The van der Waals surface area contributed by atoms with E-state index < -0.39 is 0 Å². The molecule has 1 aliphatic rings. The van der Waals surface area contributed by atoms with Gasteiger partial charge in [-0.05, 0) is 30.2 Å². The second kappa shape index (κ2) is 4.78. The van der Waals surface area contributed by atoms with Crippen LogP contribution in [0.3, 0.4) is 0 Å². The number of thiazole rings is 1. The van der Waals surface area contributed by atoms with Gasteiger partial charge in [-0.15, -0.1) is 0 Å². The van der Waals surface area contributed by atoms with Gasteiger partial charge in [0.25, 0.3) is 4.96 Å². The van der Waals surface area contributed by atoms with Crippen LogP contribution in [0.2, 0.25) is 0 Å². The lowest BCUT2D eigenvalue weighted by atomic mass is 9.97. The van der Waals surface area contributed by atoms with E-state index in [2.05, 4.69) is 4.98 Å². The molecule has 0 atom stereocenters. The molecule has 2 N–H and O–H groups in total. The molecule has 19 heavy (non-hydrogen) atoms. The highest BCUT2D eigenvalue weighted by Crippen LogP contribution is 2.33. The summed E-state index contributed by atoms with van der Waals surface area (Å²) in [5.41, 5.74) is 5.67. The van der Waals surface area contributed by atoms with E-state index in [-0.39, 0.29) is 10.7 Å². The van der Waals surface area contributed by atoms with Gasteiger partial charge in [0.1, 0.15) is 6.20 Å². The van der Waals surface area contributed by atoms with Gasteiger partial charge in [-0.1, -0.05) is 11.3 Å². The zero-order valence-corrected chi connectivity index (χ0v) is 11.2. The second-order valence-electron chi connectivity index (χ2n) is 4.74. The maximum Gasteiger partial charge on any atom is 0.373 e. The van der Waals surface area contributed by atoms with Crippen LogP contribution < -0.4 is 10.6 Å². The maximum atomic E-state index is 11.3. The van der Waals surface area contributed by atoms with Crippen LogP contribution in [-0.4, -0.2) is 33.9 Å². The molecule has 102 valence electrons. The summed E-state index contributed by atoms with van der Waals surface area (Å²) in [7, 11) is 0. The third-order valence-corrected chi connectivity index (χ3v) is 4.40. The Morgan fingerprint density at radius 1 is 1.53 bits per heavy atom. The zero-order chi connectivity index (χ0) is 13.4. The SMILES string of the molecule is NCC1CCN(c2nc3sccn3c2[N+](=O)[O-])CC1. The van der Waals surface area contributed by atoms with Gasteiger partial charge in [0, 0.05) is 18.5 Å². The molecular weight excluding hydrogens is 266 g/mol. The highest BCUT2D eigenvalue weighted by Gasteiger charge is 2.30. The fourth-order valence-electron chi connectivity index (χ4n) is 2.52. The topological polar surface area (TPSA) is 89.7 Å². The first-order chi connectivity index (χ1) is 9.20. The van der Waals surface area contributed by atoms with Gasteiger partial charge in [-0.2, -0.15) is 9.38 Å². The number of anilines is 1. The van der Waals surface area contributed by atoms with Crippen LogP contribution in [0.25, 0.3) is 4.96 Å². The Kier molecular flexibility index (Phi) is 3.11. The van der Waals surface area contributed by atoms with E-state index in [0.717, 1.165) is 25.9 Å². The average molecular weight is 281 g/mol. The molecule has 8 heteroatoms. The number of nitrogens with two attached hydrogens (primary N) is 1. The van der Waals surface area contributed by atoms with Crippen molar-refractivity contribution in [3.05, 3.63) is 21.7 Å². The van der Waals surface area contributed by atoms with E-state index in [4.69, 9.17) is 5.73 Å². The van der Waals surface area contributed by atoms with Crippen molar-refractivity contribution in [3.63, 3.8) is 0 Å². The minimum atomic E-state index is -0.350. The van der Waals surface area contributed by atoms with Crippen molar-refractivity contribution in [1.29, 1.82) is 0 Å². The molecule has 3 heterocycles. The summed E-state index contributed by atoms with van der Waals surface area (Å²) in [5.74, 6) is 1.09. The molecule has 0 spiro atoms. The molecule has 2 aromatic heterocycles. The van der Waals surface area contributed by atoms with Gasteiger partial charge in [-0.3, -0.25) is 0 Å². The first-order valence-corrected chi connectivity index (χ1v) is 7.13. The van der Waals surface area contributed by atoms with E-state index in [1.165, 1.54) is 11.3 Å².